The fourth-order valence-corrected chi connectivity index (χ4v) is 2.11. The van der Waals surface area contributed by atoms with Gasteiger partial charge in [-0.3, -0.25) is 9.40 Å². The Morgan fingerprint density at radius 3 is 2.75 bits per heavy atom. The summed E-state index contributed by atoms with van der Waals surface area (Å²) in [4.78, 5) is 0. The standard InChI is InChI=1S/C9H17N3O3S/c1-4-8-9(5-12(3)10-8)11-16(14,15)7(2)6-13/h5,7,11,13H,4,6H2,1-3H3. The number of aryl methyl sites for hydroxylation is 2. The van der Waals surface area contributed by atoms with Gasteiger partial charge in [0.1, 0.15) is 5.25 Å². The second-order valence-corrected chi connectivity index (χ2v) is 5.76. The number of aliphatic hydroxyl groups excluding tert-OH is 1. The summed E-state index contributed by atoms with van der Waals surface area (Å²) in [7, 11) is -1.81. The summed E-state index contributed by atoms with van der Waals surface area (Å²) < 4.78 is 27.4. The number of aliphatic hydroxyl groups is 1. The zero-order valence-electron chi connectivity index (χ0n) is 9.64. The quantitative estimate of drug-likeness (QED) is 0.773. The molecular formula is C9H17N3O3S. The van der Waals surface area contributed by atoms with Gasteiger partial charge < -0.3 is 5.11 Å². The topological polar surface area (TPSA) is 84.2 Å². The lowest BCUT2D eigenvalue weighted by atomic mass is 10.3. The van der Waals surface area contributed by atoms with Crippen molar-refractivity contribution < 1.29 is 13.5 Å². The highest BCUT2D eigenvalue weighted by Gasteiger charge is 2.21. The Balaban J connectivity index is 2.96. The molecule has 92 valence electrons. The highest BCUT2D eigenvalue weighted by atomic mass is 32.2. The van der Waals surface area contributed by atoms with Gasteiger partial charge in [-0.15, -0.1) is 0 Å². The molecule has 0 aliphatic rings. The Labute approximate surface area is 95.3 Å². The largest absolute Gasteiger partial charge is 0.395 e. The molecule has 2 N–H and O–H groups in total. The molecule has 0 aliphatic carbocycles. The van der Waals surface area contributed by atoms with E-state index in [1.54, 1.807) is 17.9 Å². The summed E-state index contributed by atoms with van der Waals surface area (Å²) >= 11 is 0. The number of sulfonamides is 1. The molecule has 1 aromatic rings. The molecular weight excluding hydrogens is 230 g/mol. The maximum atomic E-state index is 11.7. The SMILES string of the molecule is CCc1nn(C)cc1NS(=O)(=O)C(C)CO. The first-order valence-corrected chi connectivity index (χ1v) is 6.60. The third-order valence-electron chi connectivity index (χ3n) is 2.28. The molecule has 0 fully saturated rings. The molecule has 0 saturated heterocycles. The van der Waals surface area contributed by atoms with Crippen LogP contribution in [0.5, 0.6) is 0 Å². The van der Waals surface area contributed by atoms with E-state index in [4.69, 9.17) is 5.11 Å². The van der Waals surface area contributed by atoms with E-state index in [-0.39, 0.29) is 0 Å². The van der Waals surface area contributed by atoms with Crippen LogP contribution < -0.4 is 4.72 Å². The Bertz CT molecular complexity index is 453. The molecule has 0 radical (unpaired) electrons. The summed E-state index contributed by atoms with van der Waals surface area (Å²) in [5.41, 5.74) is 1.17. The predicted octanol–water partition coefficient (Wildman–Crippen LogP) is 0.105. The van der Waals surface area contributed by atoms with Gasteiger partial charge in [0, 0.05) is 13.2 Å². The lowest BCUT2D eigenvalue weighted by Gasteiger charge is -2.11. The Kier molecular flexibility index (Phi) is 3.93. The van der Waals surface area contributed by atoms with Gasteiger partial charge in [-0.1, -0.05) is 6.92 Å². The first-order valence-electron chi connectivity index (χ1n) is 5.05. The van der Waals surface area contributed by atoms with E-state index in [0.717, 1.165) is 0 Å². The molecule has 0 amide bonds. The Morgan fingerprint density at radius 2 is 2.25 bits per heavy atom. The minimum Gasteiger partial charge on any atom is -0.395 e. The summed E-state index contributed by atoms with van der Waals surface area (Å²) in [5, 5.41) is 12.1. The van der Waals surface area contributed by atoms with Gasteiger partial charge in [0.15, 0.2) is 0 Å². The zero-order chi connectivity index (χ0) is 12.3. The number of nitrogens with one attached hydrogen (secondary N) is 1. The second kappa shape index (κ2) is 4.84. The van der Waals surface area contributed by atoms with Crippen molar-refractivity contribution in [3.8, 4) is 0 Å². The van der Waals surface area contributed by atoms with Crippen molar-refractivity contribution in [1.29, 1.82) is 0 Å². The van der Waals surface area contributed by atoms with E-state index in [1.165, 1.54) is 6.92 Å². The van der Waals surface area contributed by atoms with Gasteiger partial charge in [-0.25, -0.2) is 8.42 Å². The third kappa shape index (κ3) is 2.73. The summed E-state index contributed by atoms with van der Waals surface area (Å²) in [6.07, 6.45) is 2.26. The average molecular weight is 247 g/mol. The van der Waals surface area contributed by atoms with Gasteiger partial charge >= 0.3 is 0 Å². The van der Waals surface area contributed by atoms with Crippen molar-refractivity contribution >= 4 is 15.7 Å². The maximum absolute atomic E-state index is 11.7. The number of nitrogens with zero attached hydrogens (tertiary/aromatic N) is 2. The highest BCUT2D eigenvalue weighted by Crippen LogP contribution is 2.16. The van der Waals surface area contributed by atoms with Gasteiger partial charge in [0.2, 0.25) is 10.0 Å². The van der Waals surface area contributed by atoms with Crippen molar-refractivity contribution in [2.24, 2.45) is 7.05 Å². The number of anilines is 1. The molecule has 0 aliphatic heterocycles. The lowest BCUT2D eigenvalue weighted by Crippen LogP contribution is -2.28. The molecule has 7 heteroatoms. The van der Waals surface area contributed by atoms with E-state index in [2.05, 4.69) is 9.82 Å². The smallest absolute Gasteiger partial charge is 0.237 e. The fraction of sp³-hybridized carbons (Fsp3) is 0.667. The van der Waals surface area contributed by atoms with E-state index < -0.39 is 21.9 Å². The summed E-state index contributed by atoms with van der Waals surface area (Å²) in [5.74, 6) is 0. The summed E-state index contributed by atoms with van der Waals surface area (Å²) in [6.45, 7) is 2.94. The van der Waals surface area contributed by atoms with Crippen molar-refractivity contribution in [2.45, 2.75) is 25.5 Å². The van der Waals surface area contributed by atoms with Crippen LogP contribution in [0.3, 0.4) is 0 Å². The van der Waals surface area contributed by atoms with E-state index in [1.807, 2.05) is 6.92 Å². The number of hydrogen-bond acceptors (Lipinski definition) is 4. The van der Waals surface area contributed by atoms with Gasteiger partial charge in [-0.05, 0) is 13.3 Å². The van der Waals surface area contributed by atoms with Crippen LogP contribution in [0, 0.1) is 0 Å². The summed E-state index contributed by atoms with van der Waals surface area (Å²) in [6, 6.07) is 0. The van der Waals surface area contributed by atoms with Crippen LogP contribution in [0.25, 0.3) is 0 Å². The molecule has 1 rings (SSSR count). The normalized spacial score (nSPS) is 13.8. The monoisotopic (exact) mass is 247 g/mol. The van der Waals surface area contributed by atoms with E-state index in [0.29, 0.717) is 17.8 Å². The first-order chi connectivity index (χ1) is 7.40. The molecule has 0 saturated carbocycles. The van der Waals surface area contributed by atoms with Crippen molar-refractivity contribution in [1.82, 2.24) is 9.78 Å². The molecule has 0 spiro atoms. The minimum absolute atomic E-state index is 0.406. The number of rotatable bonds is 5. The zero-order valence-corrected chi connectivity index (χ0v) is 10.5. The van der Waals surface area contributed by atoms with Crippen molar-refractivity contribution in [3.63, 3.8) is 0 Å². The molecule has 1 aromatic heterocycles. The first kappa shape index (κ1) is 13.0. The molecule has 16 heavy (non-hydrogen) atoms. The van der Waals surface area contributed by atoms with Crippen LogP contribution in [-0.2, 0) is 23.5 Å². The van der Waals surface area contributed by atoms with Crippen LogP contribution in [0.15, 0.2) is 6.20 Å². The van der Waals surface area contributed by atoms with Crippen molar-refractivity contribution in [2.75, 3.05) is 11.3 Å². The number of aromatic nitrogens is 2. The second-order valence-electron chi connectivity index (χ2n) is 3.66. The average Bonchev–Trinajstić information content (AvgIpc) is 2.56. The maximum Gasteiger partial charge on any atom is 0.237 e. The number of hydrogen-bond donors (Lipinski definition) is 2. The van der Waals surface area contributed by atoms with Crippen LogP contribution >= 0.6 is 0 Å². The Morgan fingerprint density at radius 1 is 1.62 bits per heavy atom. The lowest BCUT2D eigenvalue weighted by molar-refractivity contribution is 0.296. The highest BCUT2D eigenvalue weighted by molar-refractivity contribution is 7.93. The molecule has 0 bridgehead atoms. The van der Waals surface area contributed by atoms with Crippen LogP contribution in [0.1, 0.15) is 19.5 Å². The molecule has 0 aromatic carbocycles. The fourth-order valence-electron chi connectivity index (χ4n) is 1.23. The minimum atomic E-state index is -3.54. The molecule has 1 unspecified atom stereocenters. The third-order valence-corrected chi connectivity index (χ3v) is 3.99. The van der Waals surface area contributed by atoms with Gasteiger partial charge in [0.25, 0.3) is 0 Å². The van der Waals surface area contributed by atoms with Gasteiger partial charge in [0.05, 0.1) is 18.0 Å². The van der Waals surface area contributed by atoms with E-state index in [9.17, 15) is 8.42 Å². The Hall–Kier alpha value is -1.08. The van der Waals surface area contributed by atoms with Crippen LogP contribution in [-0.4, -0.2) is 35.2 Å². The van der Waals surface area contributed by atoms with Crippen LogP contribution in [0.4, 0.5) is 5.69 Å². The van der Waals surface area contributed by atoms with Gasteiger partial charge in [-0.2, -0.15) is 5.10 Å². The van der Waals surface area contributed by atoms with Crippen molar-refractivity contribution in [3.05, 3.63) is 11.9 Å². The molecule has 1 heterocycles. The molecule has 1 atom stereocenters. The molecule has 6 nitrogen and oxygen atoms in total. The van der Waals surface area contributed by atoms with Crippen LogP contribution in [0.2, 0.25) is 0 Å². The van der Waals surface area contributed by atoms with E-state index >= 15 is 0 Å². The predicted molar refractivity (Wildman–Crippen MR) is 61.7 cm³/mol.